The van der Waals surface area contributed by atoms with Crippen LogP contribution >= 0.6 is 0 Å². The van der Waals surface area contributed by atoms with Gasteiger partial charge in [0.15, 0.2) is 11.5 Å². The average Bonchev–Trinajstić information content (AvgIpc) is 3.24. The molecule has 1 aliphatic heterocycles. The summed E-state index contributed by atoms with van der Waals surface area (Å²) >= 11 is 0. The van der Waals surface area contributed by atoms with Gasteiger partial charge in [-0.25, -0.2) is 9.66 Å². The summed E-state index contributed by atoms with van der Waals surface area (Å²) in [6, 6.07) is 19.7. The number of nitrogens with one attached hydrogen (secondary N) is 1. The molecule has 0 fully saturated rings. The number of fused-ring (bicyclic) bond motifs is 1. The van der Waals surface area contributed by atoms with Crippen molar-refractivity contribution in [2.75, 3.05) is 12.5 Å². The summed E-state index contributed by atoms with van der Waals surface area (Å²) in [6.45, 7) is 16.4. The molecule has 1 aromatic heterocycles. The number of aliphatic imine (C=N–C) groups is 1. The molecule has 0 spiro atoms. The minimum absolute atomic E-state index is 0.325. The third kappa shape index (κ3) is 4.51. The number of aromatic nitrogens is 2. The fourth-order valence-corrected chi connectivity index (χ4v) is 3.72. The Morgan fingerprint density at radius 3 is 2.35 bits per heavy atom. The fourth-order valence-electron chi connectivity index (χ4n) is 3.72. The topological polar surface area (TPSA) is 75.2 Å². The Labute approximate surface area is 201 Å². The smallest absolute Gasteiger partial charge is 0.169 e. The number of allylic oxidation sites excluding steroid dienone is 2. The Morgan fingerprint density at radius 1 is 1.12 bits per heavy atom. The van der Waals surface area contributed by atoms with Crippen molar-refractivity contribution in [2.24, 2.45) is 4.99 Å². The SMILES string of the molecule is C=NC(C)(C)C1=C(c2cccc(OC)c2)C(=C)c2nc(C#N)c(-c3ccccc3)n2N1.CCC. The molecule has 2 heterocycles. The van der Waals surface area contributed by atoms with E-state index in [0.29, 0.717) is 22.8 Å². The predicted octanol–water partition coefficient (Wildman–Crippen LogP) is 6.31. The Balaban J connectivity index is 0.00000103. The van der Waals surface area contributed by atoms with Crippen LogP contribution in [0.25, 0.3) is 22.4 Å². The van der Waals surface area contributed by atoms with Crippen molar-refractivity contribution in [3.8, 4) is 23.1 Å². The van der Waals surface area contributed by atoms with Crippen LogP contribution in [-0.2, 0) is 0 Å². The standard InChI is InChI=1S/C25H23N5O.C3H8/c1-16-21(18-12-9-13-19(14-18)31-5)23(25(2,3)27-4)29-30-22(17-10-7-6-8-11-17)20(15-26)28-24(16)30;1-3-2/h6-14,29H,1,4H2,2-3,5H3;3H2,1-2H3. The third-order valence-electron chi connectivity index (χ3n) is 5.44. The zero-order valence-electron chi connectivity index (χ0n) is 20.5. The number of imidazole rings is 1. The summed E-state index contributed by atoms with van der Waals surface area (Å²) < 4.78 is 7.25. The molecule has 1 aliphatic rings. The Hall–Kier alpha value is -4.11. The van der Waals surface area contributed by atoms with E-state index in [-0.39, 0.29) is 0 Å². The zero-order chi connectivity index (χ0) is 24.9. The van der Waals surface area contributed by atoms with Gasteiger partial charge in [0.25, 0.3) is 0 Å². The number of benzene rings is 2. The van der Waals surface area contributed by atoms with E-state index in [9.17, 15) is 5.26 Å². The number of rotatable bonds is 5. The maximum absolute atomic E-state index is 9.80. The van der Waals surface area contributed by atoms with Crippen molar-refractivity contribution in [1.29, 1.82) is 5.26 Å². The molecule has 6 nitrogen and oxygen atoms in total. The molecular formula is C28H31N5O. The molecule has 3 aromatic rings. The molecule has 34 heavy (non-hydrogen) atoms. The quantitative estimate of drug-likeness (QED) is 0.460. The van der Waals surface area contributed by atoms with E-state index in [1.807, 2.05) is 73.1 Å². The van der Waals surface area contributed by atoms with E-state index >= 15 is 0 Å². The Bertz CT molecular complexity index is 1280. The third-order valence-corrected chi connectivity index (χ3v) is 5.44. The summed E-state index contributed by atoms with van der Waals surface area (Å²) in [5, 5.41) is 9.80. The number of hydrogen-bond donors (Lipinski definition) is 1. The summed E-state index contributed by atoms with van der Waals surface area (Å²) in [4.78, 5) is 8.97. The van der Waals surface area contributed by atoms with Gasteiger partial charge in [-0.2, -0.15) is 5.26 Å². The molecule has 0 bridgehead atoms. The molecule has 0 amide bonds. The lowest BCUT2D eigenvalue weighted by atomic mass is 9.87. The van der Waals surface area contributed by atoms with Gasteiger partial charge in [-0.3, -0.25) is 10.4 Å². The molecule has 0 atom stereocenters. The van der Waals surface area contributed by atoms with Gasteiger partial charge in [-0.1, -0.05) is 69.3 Å². The van der Waals surface area contributed by atoms with E-state index in [1.165, 1.54) is 6.42 Å². The molecule has 2 aromatic carbocycles. The maximum atomic E-state index is 9.80. The van der Waals surface area contributed by atoms with E-state index < -0.39 is 5.54 Å². The highest BCUT2D eigenvalue weighted by Gasteiger charge is 2.35. The molecule has 4 rings (SSSR count). The van der Waals surface area contributed by atoms with Crippen LogP contribution in [0.1, 0.15) is 51.2 Å². The van der Waals surface area contributed by atoms with Crippen LogP contribution < -0.4 is 10.2 Å². The van der Waals surface area contributed by atoms with Gasteiger partial charge in [0.05, 0.1) is 18.3 Å². The average molecular weight is 454 g/mol. The second-order valence-electron chi connectivity index (χ2n) is 8.44. The van der Waals surface area contributed by atoms with E-state index in [0.717, 1.165) is 28.1 Å². The van der Waals surface area contributed by atoms with Crippen LogP contribution in [0.15, 0.2) is 71.9 Å². The molecule has 0 aliphatic carbocycles. The van der Waals surface area contributed by atoms with Crippen molar-refractivity contribution in [3.63, 3.8) is 0 Å². The molecule has 174 valence electrons. The second-order valence-corrected chi connectivity index (χ2v) is 8.44. The summed E-state index contributed by atoms with van der Waals surface area (Å²) in [6.07, 6.45) is 1.25. The molecular weight excluding hydrogens is 422 g/mol. The van der Waals surface area contributed by atoms with Gasteiger partial charge in [0, 0.05) is 16.7 Å². The second kappa shape index (κ2) is 10.2. The van der Waals surface area contributed by atoms with Crippen LogP contribution in [0.3, 0.4) is 0 Å². The Morgan fingerprint density at radius 2 is 1.76 bits per heavy atom. The minimum Gasteiger partial charge on any atom is -0.497 e. The van der Waals surface area contributed by atoms with Crippen LogP contribution in [0.4, 0.5) is 0 Å². The number of hydrogen-bond acceptors (Lipinski definition) is 5. The number of methoxy groups -OCH3 is 1. The van der Waals surface area contributed by atoms with Gasteiger partial charge in [-0.15, -0.1) is 0 Å². The van der Waals surface area contributed by atoms with E-state index in [4.69, 9.17) is 4.74 Å². The van der Waals surface area contributed by atoms with Gasteiger partial charge in [0.1, 0.15) is 17.5 Å². The van der Waals surface area contributed by atoms with Crippen LogP contribution in [0, 0.1) is 11.3 Å². The molecule has 0 radical (unpaired) electrons. The van der Waals surface area contributed by atoms with Crippen molar-refractivity contribution in [2.45, 2.75) is 39.7 Å². The highest BCUT2D eigenvalue weighted by molar-refractivity contribution is 6.06. The predicted molar refractivity (Wildman–Crippen MR) is 140 cm³/mol. The highest BCUT2D eigenvalue weighted by atomic mass is 16.5. The van der Waals surface area contributed by atoms with E-state index in [1.54, 1.807) is 7.11 Å². The molecule has 0 unspecified atom stereocenters. The Kier molecular flexibility index (Phi) is 7.37. The van der Waals surface area contributed by atoms with Crippen LogP contribution in [-0.4, -0.2) is 29.0 Å². The first-order valence-electron chi connectivity index (χ1n) is 11.2. The lowest BCUT2D eigenvalue weighted by Crippen LogP contribution is -2.35. The number of ether oxygens (including phenoxy) is 1. The first-order valence-corrected chi connectivity index (χ1v) is 11.2. The monoisotopic (exact) mass is 453 g/mol. The lowest BCUT2D eigenvalue weighted by molar-refractivity contribution is 0.414. The van der Waals surface area contributed by atoms with Gasteiger partial charge in [-0.05, 0) is 38.3 Å². The maximum Gasteiger partial charge on any atom is 0.169 e. The number of nitrogens with zero attached hydrogens (tertiary/aromatic N) is 4. The molecule has 6 heteroatoms. The van der Waals surface area contributed by atoms with Crippen molar-refractivity contribution in [1.82, 2.24) is 9.66 Å². The van der Waals surface area contributed by atoms with E-state index in [2.05, 4.69) is 48.6 Å². The first-order chi connectivity index (χ1) is 16.3. The fraction of sp³-hybridized carbons (Fsp3) is 0.250. The van der Waals surface area contributed by atoms with Crippen molar-refractivity contribution >= 4 is 17.9 Å². The van der Waals surface area contributed by atoms with Gasteiger partial charge in [0.2, 0.25) is 0 Å². The normalized spacial score (nSPS) is 12.6. The van der Waals surface area contributed by atoms with Crippen molar-refractivity contribution in [3.05, 3.63) is 84.0 Å². The number of nitriles is 1. The first kappa shape index (κ1) is 24.5. The highest BCUT2D eigenvalue weighted by Crippen LogP contribution is 2.42. The summed E-state index contributed by atoms with van der Waals surface area (Å²) in [7, 11) is 1.63. The van der Waals surface area contributed by atoms with Crippen molar-refractivity contribution < 1.29 is 4.74 Å². The van der Waals surface area contributed by atoms with Gasteiger partial charge < -0.3 is 4.74 Å². The van der Waals surface area contributed by atoms with Crippen LogP contribution in [0.5, 0.6) is 5.75 Å². The molecule has 0 saturated carbocycles. The minimum atomic E-state index is -0.649. The van der Waals surface area contributed by atoms with Gasteiger partial charge >= 0.3 is 0 Å². The largest absolute Gasteiger partial charge is 0.497 e. The molecule has 1 N–H and O–H groups in total. The molecule has 0 saturated heterocycles. The zero-order valence-corrected chi connectivity index (χ0v) is 20.5. The van der Waals surface area contributed by atoms with Crippen LogP contribution in [0.2, 0.25) is 0 Å². The summed E-state index contributed by atoms with van der Waals surface area (Å²) in [5.41, 5.74) is 7.99. The lowest BCUT2D eigenvalue weighted by Gasteiger charge is -2.34. The summed E-state index contributed by atoms with van der Waals surface area (Å²) in [5.74, 6) is 1.31.